The fraction of sp³-hybridized carbons (Fsp3) is 0.765. The van der Waals surface area contributed by atoms with Gasteiger partial charge in [-0.15, -0.1) is 0 Å². The van der Waals surface area contributed by atoms with Crippen LogP contribution in [0.4, 0.5) is 0 Å². The van der Waals surface area contributed by atoms with Gasteiger partial charge in [0.25, 0.3) is 0 Å². The molecule has 2 fully saturated rings. The first kappa shape index (κ1) is 14.6. The van der Waals surface area contributed by atoms with Crippen LogP contribution in [0.5, 0.6) is 0 Å². The Kier molecular flexibility index (Phi) is 3.80. The van der Waals surface area contributed by atoms with E-state index in [2.05, 4.69) is 26.0 Å². The molecule has 0 N–H and O–H groups in total. The molecular weight excluding hydrogens is 268 g/mol. The van der Waals surface area contributed by atoms with E-state index in [0.717, 1.165) is 25.7 Å². The average Bonchev–Trinajstić information content (AvgIpc) is 3.18. The summed E-state index contributed by atoms with van der Waals surface area (Å²) in [5, 5.41) is 0. The van der Waals surface area contributed by atoms with E-state index in [0.29, 0.717) is 18.3 Å². The molecule has 2 bridgehead atoms. The van der Waals surface area contributed by atoms with Gasteiger partial charge in [-0.2, -0.15) is 0 Å². The number of hydrogen-bond donors (Lipinski definition) is 0. The number of carbonyl (C=O) groups excluding carboxylic acids is 2. The van der Waals surface area contributed by atoms with E-state index in [9.17, 15) is 9.59 Å². The fourth-order valence-electron chi connectivity index (χ4n) is 4.21. The third-order valence-corrected chi connectivity index (χ3v) is 5.82. The molecule has 4 atom stereocenters. The summed E-state index contributed by atoms with van der Waals surface area (Å²) in [6.45, 7) is 4.35. The monoisotopic (exact) mass is 292 g/mol. The average molecular weight is 292 g/mol. The Morgan fingerprint density at radius 3 is 2.67 bits per heavy atom. The molecule has 0 radical (unpaired) electrons. The highest BCUT2D eigenvalue weighted by molar-refractivity contribution is 5.75. The predicted octanol–water partition coefficient (Wildman–Crippen LogP) is 2.86. The molecule has 1 saturated carbocycles. The van der Waals surface area contributed by atoms with Gasteiger partial charge < -0.3 is 9.47 Å². The minimum absolute atomic E-state index is 0.00903. The summed E-state index contributed by atoms with van der Waals surface area (Å²) >= 11 is 0. The SMILES string of the molecule is CCC1(CC)CC(=O)OC1COC(=O)C1CC2C=CC1C2. The van der Waals surface area contributed by atoms with Crippen LogP contribution in [0.2, 0.25) is 0 Å². The quantitative estimate of drug-likeness (QED) is 0.577. The number of ether oxygens (including phenoxy) is 2. The van der Waals surface area contributed by atoms with Crippen molar-refractivity contribution in [1.82, 2.24) is 0 Å². The highest BCUT2D eigenvalue weighted by Crippen LogP contribution is 2.45. The van der Waals surface area contributed by atoms with E-state index in [1.165, 1.54) is 0 Å². The van der Waals surface area contributed by atoms with Gasteiger partial charge in [-0.1, -0.05) is 26.0 Å². The minimum atomic E-state index is -0.280. The fourth-order valence-corrected chi connectivity index (χ4v) is 4.21. The Labute approximate surface area is 125 Å². The number of rotatable bonds is 5. The molecule has 0 aromatic heterocycles. The summed E-state index contributed by atoms with van der Waals surface area (Å²) in [7, 11) is 0. The Hall–Kier alpha value is -1.32. The van der Waals surface area contributed by atoms with Gasteiger partial charge in [0.15, 0.2) is 0 Å². The first-order chi connectivity index (χ1) is 10.1. The summed E-state index contributed by atoms with van der Waals surface area (Å²) in [5.74, 6) is 0.645. The number of hydrogen-bond acceptors (Lipinski definition) is 4. The van der Waals surface area contributed by atoms with Gasteiger partial charge in [0.1, 0.15) is 12.7 Å². The molecule has 0 aromatic rings. The van der Waals surface area contributed by atoms with Gasteiger partial charge in [-0.3, -0.25) is 9.59 Å². The third-order valence-electron chi connectivity index (χ3n) is 5.82. The van der Waals surface area contributed by atoms with Crippen LogP contribution in [0.3, 0.4) is 0 Å². The number of cyclic esters (lactones) is 1. The van der Waals surface area contributed by atoms with Gasteiger partial charge in [-0.05, 0) is 37.5 Å². The maximum absolute atomic E-state index is 12.3. The third kappa shape index (κ3) is 2.49. The molecular formula is C17H24O4. The molecule has 2 aliphatic carbocycles. The van der Waals surface area contributed by atoms with Crippen LogP contribution in [-0.2, 0) is 19.1 Å². The molecule has 0 aromatic carbocycles. The molecule has 3 aliphatic rings. The summed E-state index contributed by atoms with van der Waals surface area (Å²) in [5.41, 5.74) is -0.161. The minimum Gasteiger partial charge on any atom is -0.461 e. The zero-order valence-corrected chi connectivity index (χ0v) is 12.8. The zero-order chi connectivity index (χ0) is 15.0. The summed E-state index contributed by atoms with van der Waals surface area (Å²) in [4.78, 5) is 23.9. The van der Waals surface area contributed by atoms with Gasteiger partial charge in [0.2, 0.25) is 0 Å². The van der Waals surface area contributed by atoms with E-state index in [4.69, 9.17) is 9.47 Å². The van der Waals surface area contributed by atoms with Gasteiger partial charge in [0.05, 0.1) is 12.3 Å². The molecule has 3 rings (SSSR count). The normalized spacial score (nSPS) is 36.0. The summed E-state index contributed by atoms with van der Waals surface area (Å²) in [6.07, 6.45) is 8.27. The maximum Gasteiger partial charge on any atom is 0.309 e. The van der Waals surface area contributed by atoms with Gasteiger partial charge >= 0.3 is 11.9 Å². The van der Waals surface area contributed by atoms with Crippen molar-refractivity contribution >= 4 is 11.9 Å². The van der Waals surface area contributed by atoms with E-state index in [-0.39, 0.29) is 36.0 Å². The molecule has 116 valence electrons. The van der Waals surface area contributed by atoms with E-state index >= 15 is 0 Å². The molecule has 0 amide bonds. The second kappa shape index (κ2) is 5.47. The molecule has 4 unspecified atom stereocenters. The van der Waals surface area contributed by atoms with Crippen LogP contribution in [-0.4, -0.2) is 24.6 Å². The van der Waals surface area contributed by atoms with Crippen molar-refractivity contribution in [1.29, 1.82) is 0 Å². The van der Waals surface area contributed by atoms with Crippen LogP contribution in [0.15, 0.2) is 12.2 Å². The Morgan fingerprint density at radius 2 is 2.10 bits per heavy atom. The second-order valence-corrected chi connectivity index (χ2v) is 6.74. The molecule has 1 heterocycles. The van der Waals surface area contributed by atoms with Crippen molar-refractivity contribution in [2.45, 2.75) is 52.1 Å². The predicted molar refractivity (Wildman–Crippen MR) is 77.3 cm³/mol. The van der Waals surface area contributed by atoms with Gasteiger partial charge in [-0.25, -0.2) is 0 Å². The first-order valence-electron chi connectivity index (χ1n) is 8.12. The van der Waals surface area contributed by atoms with E-state index in [1.807, 2.05) is 0 Å². The standard InChI is InChI=1S/C17H24O4/c1-3-17(4-2)9-15(18)21-14(17)10-20-16(19)13-8-11-5-6-12(13)7-11/h5-6,11-14H,3-4,7-10H2,1-2H3. The number of esters is 2. The first-order valence-corrected chi connectivity index (χ1v) is 8.12. The zero-order valence-electron chi connectivity index (χ0n) is 12.8. The highest BCUT2D eigenvalue weighted by Gasteiger charge is 2.48. The van der Waals surface area contributed by atoms with Crippen molar-refractivity contribution in [3.8, 4) is 0 Å². The Bertz CT molecular complexity index is 463. The topological polar surface area (TPSA) is 52.6 Å². The largest absolute Gasteiger partial charge is 0.461 e. The lowest BCUT2D eigenvalue weighted by molar-refractivity contribution is -0.159. The lowest BCUT2D eigenvalue weighted by Gasteiger charge is -2.30. The second-order valence-electron chi connectivity index (χ2n) is 6.74. The van der Waals surface area contributed by atoms with Crippen molar-refractivity contribution in [2.75, 3.05) is 6.61 Å². The maximum atomic E-state index is 12.3. The van der Waals surface area contributed by atoms with Crippen LogP contribution < -0.4 is 0 Å². The number of carbonyl (C=O) groups is 2. The van der Waals surface area contributed by atoms with Gasteiger partial charge in [0, 0.05) is 5.41 Å². The molecule has 0 spiro atoms. The van der Waals surface area contributed by atoms with Crippen molar-refractivity contribution in [2.24, 2.45) is 23.2 Å². The number of fused-ring (bicyclic) bond motifs is 2. The highest BCUT2D eigenvalue weighted by atomic mass is 16.6. The van der Waals surface area contributed by atoms with Crippen molar-refractivity contribution in [3.05, 3.63) is 12.2 Å². The Balaban J connectivity index is 1.58. The molecule has 4 nitrogen and oxygen atoms in total. The Morgan fingerprint density at radius 1 is 1.33 bits per heavy atom. The van der Waals surface area contributed by atoms with Crippen molar-refractivity contribution in [3.63, 3.8) is 0 Å². The van der Waals surface area contributed by atoms with Crippen LogP contribution >= 0.6 is 0 Å². The van der Waals surface area contributed by atoms with Crippen LogP contribution in [0.25, 0.3) is 0 Å². The summed E-state index contributed by atoms with van der Waals surface area (Å²) < 4.78 is 10.9. The number of allylic oxidation sites excluding steroid dienone is 2. The lowest BCUT2D eigenvalue weighted by Crippen LogP contribution is -2.35. The summed E-state index contributed by atoms with van der Waals surface area (Å²) in [6, 6.07) is 0. The smallest absolute Gasteiger partial charge is 0.309 e. The lowest BCUT2D eigenvalue weighted by atomic mass is 9.76. The van der Waals surface area contributed by atoms with E-state index in [1.54, 1.807) is 0 Å². The van der Waals surface area contributed by atoms with Crippen LogP contribution in [0, 0.1) is 23.2 Å². The molecule has 21 heavy (non-hydrogen) atoms. The molecule has 4 heteroatoms. The van der Waals surface area contributed by atoms with Crippen molar-refractivity contribution < 1.29 is 19.1 Å². The van der Waals surface area contributed by atoms with E-state index < -0.39 is 0 Å². The molecule has 1 saturated heterocycles. The molecule has 1 aliphatic heterocycles. The van der Waals surface area contributed by atoms with Crippen LogP contribution in [0.1, 0.15) is 46.0 Å².